The van der Waals surface area contributed by atoms with E-state index in [0.29, 0.717) is 52.4 Å². The SMILES string of the molecule is CC1(C)c2ccccc2-c2ccc(-c3nc(-c4ccccc4)nc(-c4ccc5sc6ccccc6c5c4)n3)cc21.c1ccc(-c2nc(-c3ccc4c(c3)C(c3ccccc3)(c3ccccc3)c3ccccc3-4)nc(-c3ccc4sc5ccccc5c4c3)n2)cc1.c1ccc(-c2nc(-c3ccc4c(c3)sc3ccccc34)nc(-c3cccc4c3-c3ccccc3C43c4ccccc4-c4ccccc43)n2)cc1. The summed E-state index contributed by atoms with van der Waals surface area (Å²) in [5.41, 5.74) is 30.7. The molecule has 25 aromatic rings. The van der Waals surface area contributed by atoms with Gasteiger partial charge in [-0.25, -0.2) is 44.9 Å². The summed E-state index contributed by atoms with van der Waals surface area (Å²) in [5, 5.41) is 7.51. The second-order valence-electron chi connectivity index (χ2n) is 36.8. The zero-order valence-corrected chi connectivity index (χ0v) is 78.5. The minimum absolute atomic E-state index is 0.0922. The highest BCUT2D eigenvalue weighted by atomic mass is 32.1. The monoisotopic (exact) mass is 1840 g/mol. The van der Waals surface area contributed by atoms with E-state index < -0.39 is 10.8 Å². The zero-order valence-electron chi connectivity index (χ0n) is 76.1. The van der Waals surface area contributed by atoms with Crippen molar-refractivity contribution in [2.45, 2.75) is 30.1 Å². The van der Waals surface area contributed by atoms with E-state index in [1.807, 2.05) is 88.6 Å². The van der Waals surface area contributed by atoms with E-state index in [2.05, 4.69) is 414 Å². The standard InChI is InChI=1S/C46H27N3S.C46H29N3S.C36H25N3S/c1-2-13-28(14-3-1)43-47-44(29-25-26-33-32-17-7-11-24-40(32)50-41(33)27-29)49-45(48-43)35-19-12-23-39-42(35)34-18-6-10-22-38(34)46(39)36-20-8-4-15-30(36)31-16-5-9-21-37(31)46;1-4-14-30(15-5-1)43-47-44(31-25-27-42-38(28-31)37-21-11-13-23-41(37)50-42)49-45(48-43)32-24-26-36-35-20-10-12-22-39(35)46(40(36)29-32,33-16-6-2-7-17-33)34-18-8-3-9-19-34;1-36(2)29-14-8-6-12-25(29)26-18-16-24(21-30(26)36)35-38-33(22-10-4-3-5-11-22)37-34(39-35)23-17-19-32-28(20-23)27-13-7-9-15-31(27)40-32/h1-27H;1-29H;3-21H,1-2H3. The maximum atomic E-state index is 5.30. The first-order valence-electron chi connectivity index (χ1n) is 47.4. The van der Waals surface area contributed by atoms with Crippen molar-refractivity contribution in [3.05, 3.63) is 511 Å². The molecule has 4 aliphatic rings. The molecule has 140 heavy (non-hydrogen) atoms. The number of thiophene rings is 3. The highest BCUT2D eigenvalue weighted by Gasteiger charge is 2.53. The van der Waals surface area contributed by atoms with Crippen LogP contribution in [0.5, 0.6) is 0 Å². The molecule has 12 heteroatoms. The fourth-order valence-electron chi connectivity index (χ4n) is 22.4. The molecule has 1 spiro atoms. The normalized spacial score (nSPS) is 13.2. The van der Waals surface area contributed by atoms with Gasteiger partial charge < -0.3 is 0 Å². The van der Waals surface area contributed by atoms with E-state index in [-0.39, 0.29) is 5.41 Å². The maximum Gasteiger partial charge on any atom is 0.164 e. The third-order valence-corrected chi connectivity index (χ3v) is 32.2. The highest BCUT2D eigenvalue weighted by molar-refractivity contribution is 7.26. The molecule has 6 heterocycles. The summed E-state index contributed by atoms with van der Waals surface area (Å²) in [5.74, 6) is 6.03. The van der Waals surface area contributed by atoms with Crippen molar-refractivity contribution in [1.29, 1.82) is 0 Å². The molecule has 0 fully saturated rings. The number of aromatic nitrogens is 9. The largest absolute Gasteiger partial charge is 0.208 e. The van der Waals surface area contributed by atoms with Gasteiger partial charge in [0.25, 0.3) is 0 Å². The van der Waals surface area contributed by atoms with Gasteiger partial charge in [-0.05, 0) is 173 Å². The van der Waals surface area contributed by atoms with Crippen molar-refractivity contribution in [2.24, 2.45) is 0 Å². The molecule has 4 aliphatic carbocycles. The molecule has 0 radical (unpaired) electrons. The van der Waals surface area contributed by atoms with Gasteiger partial charge in [-0.2, -0.15) is 0 Å². The Hall–Kier alpha value is -17.1. The first-order valence-corrected chi connectivity index (χ1v) is 49.8. The molecule has 656 valence electrons. The lowest BCUT2D eigenvalue weighted by atomic mass is 9.67. The van der Waals surface area contributed by atoms with E-state index in [1.165, 1.54) is 161 Å². The third-order valence-electron chi connectivity index (χ3n) is 28.7. The van der Waals surface area contributed by atoms with E-state index in [1.54, 1.807) is 0 Å². The summed E-state index contributed by atoms with van der Waals surface area (Å²) in [6, 6.07) is 162. The Kier molecular flexibility index (Phi) is 19.5. The maximum absolute atomic E-state index is 5.30. The molecule has 0 N–H and O–H groups in total. The molecule has 0 atom stereocenters. The molecule has 0 amide bonds. The Bertz CT molecular complexity index is 9230. The van der Waals surface area contributed by atoms with E-state index in [4.69, 9.17) is 44.9 Å². The Morgan fingerprint density at radius 3 is 0.893 bits per heavy atom. The van der Waals surface area contributed by atoms with E-state index in [9.17, 15) is 0 Å². The lowest BCUT2D eigenvalue weighted by Gasteiger charge is -2.34. The predicted molar refractivity (Wildman–Crippen MR) is 578 cm³/mol. The molecule has 0 saturated carbocycles. The molecule has 0 unspecified atom stereocenters. The van der Waals surface area contributed by atoms with Crippen LogP contribution in [0.2, 0.25) is 0 Å². The van der Waals surface area contributed by atoms with Crippen molar-refractivity contribution in [1.82, 2.24) is 44.9 Å². The second kappa shape index (κ2) is 33.1. The van der Waals surface area contributed by atoms with Crippen molar-refractivity contribution in [3.63, 3.8) is 0 Å². The van der Waals surface area contributed by atoms with Gasteiger partial charge in [0.15, 0.2) is 52.4 Å². The van der Waals surface area contributed by atoms with Crippen molar-refractivity contribution in [3.8, 4) is 147 Å². The summed E-state index contributed by atoms with van der Waals surface area (Å²) >= 11 is 5.44. The quantitative estimate of drug-likeness (QED) is 0.125. The molecular formula is C128H81N9S3. The number of nitrogens with zero attached hydrogens (tertiary/aromatic N) is 9. The minimum atomic E-state index is -0.506. The van der Waals surface area contributed by atoms with Crippen LogP contribution >= 0.6 is 34.0 Å². The van der Waals surface area contributed by atoms with E-state index >= 15 is 0 Å². The summed E-state index contributed by atoms with van der Waals surface area (Å²) in [6.07, 6.45) is 0. The molecule has 0 aliphatic heterocycles. The molecule has 9 nitrogen and oxygen atoms in total. The molecule has 6 aromatic heterocycles. The van der Waals surface area contributed by atoms with Crippen molar-refractivity contribution >= 4 is 94.5 Å². The molecular weight excluding hydrogens is 1760 g/mol. The highest BCUT2D eigenvalue weighted by Crippen LogP contribution is 2.65. The first kappa shape index (κ1) is 82.3. The van der Waals surface area contributed by atoms with Crippen LogP contribution in [-0.4, -0.2) is 44.9 Å². The van der Waals surface area contributed by atoms with Gasteiger partial charge in [0, 0.05) is 116 Å². The Morgan fingerprint density at radius 2 is 0.436 bits per heavy atom. The zero-order chi connectivity index (χ0) is 92.7. The van der Waals surface area contributed by atoms with Gasteiger partial charge in [-0.15, -0.1) is 34.0 Å². The predicted octanol–water partition coefficient (Wildman–Crippen LogP) is 32.7. The van der Waals surface area contributed by atoms with Crippen LogP contribution in [0.3, 0.4) is 0 Å². The Balaban J connectivity index is 0.000000106. The fraction of sp³-hybridized carbons (Fsp3) is 0.0391. The topological polar surface area (TPSA) is 116 Å². The Morgan fingerprint density at radius 1 is 0.157 bits per heavy atom. The van der Waals surface area contributed by atoms with Gasteiger partial charge in [0.2, 0.25) is 0 Å². The summed E-state index contributed by atoms with van der Waals surface area (Å²) in [7, 11) is 0. The molecule has 0 bridgehead atoms. The number of hydrogen-bond donors (Lipinski definition) is 0. The van der Waals surface area contributed by atoms with E-state index in [0.717, 1.165) is 50.1 Å². The van der Waals surface area contributed by atoms with Gasteiger partial charge in [-0.3, -0.25) is 0 Å². The minimum Gasteiger partial charge on any atom is -0.208 e. The third kappa shape index (κ3) is 13.3. The fourth-order valence-corrected chi connectivity index (χ4v) is 25.7. The van der Waals surface area contributed by atoms with Gasteiger partial charge >= 0.3 is 0 Å². The second-order valence-corrected chi connectivity index (χ2v) is 40.0. The van der Waals surface area contributed by atoms with Crippen LogP contribution in [-0.2, 0) is 16.2 Å². The van der Waals surface area contributed by atoms with Crippen LogP contribution < -0.4 is 0 Å². The Labute approximate surface area is 820 Å². The molecule has 0 saturated heterocycles. The smallest absolute Gasteiger partial charge is 0.164 e. The molecule has 19 aromatic carbocycles. The lowest BCUT2D eigenvalue weighted by molar-refractivity contribution is 0.660. The van der Waals surface area contributed by atoms with Crippen molar-refractivity contribution < 1.29 is 0 Å². The average Bonchev–Trinajstić information content (AvgIpc) is 1.50. The van der Waals surface area contributed by atoms with Crippen LogP contribution in [0.1, 0.15) is 69.5 Å². The van der Waals surface area contributed by atoms with Crippen molar-refractivity contribution in [2.75, 3.05) is 0 Å². The van der Waals surface area contributed by atoms with Gasteiger partial charge in [-0.1, -0.05) is 396 Å². The number of rotatable bonds is 11. The number of benzene rings is 19. The molecule has 29 rings (SSSR count). The van der Waals surface area contributed by atoms with Crippen LogP contribution in [0.4, 0.5) is 0 Å². The summed E-state index contributed by atoms with van der Waals surface area (Å²) < 4.78 is 7.59. The summed E-state index contributed by atoms with van der Waals surface area (Å²) in [4.78, 5) is 46.2. The van der Waals surface area contributed by atoms with Crippen LogP contribution in [0.25, 0.3) is 208 Å². The van der Waals surface area contributed by atoms with Gasteiger partial charge in [0.1, 0.15) is 0 Å². The number of hydrogen-bond acceptors (Lipinski definition) is 12. The lowest BCUT2D eigenvalue weighted by Crippen LogP contribution is -2.28. The summed E-state index contributed by atoms with van der Waals surface area (Å²) in [6.45, 7) is 4.60. The van der Waals surface area contributed by atoms with Crippen LogP contribution in [0, 0.1) is 0 Å². The number of fused-ring (bicyclic) bond motifs is 25. The first-order chi connectivity index (χ1) is 69.1. The van der Waals surface area contributed by atoms with Crippen LogP contribution in [0.15, 0.2) is 455 Å². The average molecular weight is 1840 g/mol. The van der Waals surface area contributed by atoms with Gasteiger partial charge in [0.05, 0.1) is 10.8 Å².